The molecule has 0 spiro atoms. The van der Waals surface area contributed by atoms with E-state index in [9.17, 15) is 14.9 Å². The third kappa shape index (κ3) is 3.77. The van der Waals surface area contributed by atoms with E-state index < -0.39 is 16.5 Å². The first-order valence-electron chi connectivity index (χ1n) is 5.86. The quantitative estimate of drug-likeness (QED) is 0.516. The summed E-state index contributed by atoms with van der Waals surface area (Å²) < 4.78 is 0. The van der Waals surface area contributed by atoms with Crippen molar-refractivity contribution in [2.45, 2.75) is 5.25 Å². The van der Waals surface area contributed by atoms with Gasteiger partial charge in [0.15, 0.2) is 0 Å². The van der Waals surface area contributed by atoms with Gasteiger partial charge in [0.1, 0.15) is 5.56 Å². The highest BCUT2D eigenvalue weighted by Gasteiger charge is 2.25. The number of rotatable bonds is 4. The largest absolute Gasteiger partial charge is 0.351 e. The summed E-state index contributed by atoms with van der Waals surface area (Å²) in [5.74, 6) is 2.68. The van der Waals surface area contributed by atoms with Crippen LogP contribution in [0, 0.1) is 10.1 Å². The lowest BCUT2D eigenvalue weighted by atomic mass is 10.2. The molecule has 1 aromatic rings. The maximum atomic E-state index is 12.0. The summed E-state index contributed by atoms with van der Waals surface area (Å²) in [7, 11) is 0. The number of carbonyl (C=O) groups is 1. The van der Waals surface area contributed by atoms with Crippen LogP contribution in [-0.2, 0) is 0 Å². The topological polar surface area (TPSA) is 85.1 Å². The number of hydrogen-bond donors (Lipinski definition) is 1. The van der Waals surface area contributed by atoms with Gasteiger partial charge in [-0.2, -0.15) is 23.5 Å². The van der Waals surface area contributed by atoms with Crippen LogP contribution in [0.5, 0.6) is 0 Å². The van der Waals surface area contributed by atoms with E-state index in [4.69, 9.17) is 11.6 Å². The van der Waals surface area contributed by atoms with E-state index in [0.717, 1.165) is 17.3 Å². The third-order valence-corrected chi connectivity index (χ3v) is 5.80. The van der Waals surface area contributed by atoms with Gasteiger partial charge in [0.2, 0.25) is 5.15 Å². The zero-order valence-corrected chi connectivity index (χ0v) is 12.8. The summed E-state index contributed by atoms with van der Waals surface area (Å²) in [5, 5.41) is 13.7. The van der Waals surface area contributed by atoms with Crippen LogP contribution in [0.4, 0.5) is 5.69 Å². The van der Waals surface area contributed by atoms with Gasteiger partial charge in [0, 0.05) is 35.3 Å². The highest BCUT2D eigenvalue weighted by atomic mass is 35.5. The molecule has 0 bridgehead atoms. The molecule has 0 saturated carbocycles. The number of halogens is 1. The average Bonchev–Trinajstić information content (AvgIpc) is 2.45. The number of nitrogens with one attached hydrogen (secondary N) is 1. The molecule has 2 heterocycles. The Morgan fingerprint density at radius 2 is 2.40 bits per heavy atom. The van der Waals surface area contributed by atoms with Gasteiger partial charge in [0.25, 0.3) is 5.91 Å². The normalized spacial score (nSPS) is 18.6. The molecule has 1 aliphatic rings. The number of carbonyl (C=O) groups excluding carboxylic acids is 1. The van der Waals surface area contributed by atoms with Gasteiger partial charge in [-0.15, -0.1) is 0 Å². The molecule has 1 fully saturated rings. The van der Waals surface area contributed by atoms with Crippen molar-refractivity contribution in [3.8, 4) is 0 Å². The van der Waals surface area contributed by atoms with Crippen molar-refractivity contribution < 1.29 is 9.72 Å². The molecule has 20 heavy (non-hydrogen) atoms. The van der Waals surface area contributed by atoms with Crippen LogP contribution in [0.1, 0.15) is 10.4 Å². The first-order valence-corrected chi connectivity index (χ1v) is 8.44. The van der Waals surface area contributed by atoms with E-state index in [-0.39, 0.29) is 10.7 Å². The Morgan fingerprint density at radius 3 is 3.05 bits per heavy atom. The van der Waals surface area contributed by atoms with Crippen molar-refractivity contribution in [2.24, 2.45) is 0 Å². The second-order valence-electron chi connectivity index (χ2n) is 4.03. The number of aromatic nitrogens is 1. The van der Waals surface area contributed by atoms with Crippen LogP contribution in [0.3, 0.4) is 0 Å². The fourth-order valence-electron chi connectivity index (χ4n) is 1.74. The van der Waals surface area contributed by atoms with Crippen molar-refractivity contribution in [3.63, 3.8) is 0 Å². The van der Waals surface area contributed by atoms with E-state index >= 15 is 0 Å². The Kier molecular flexibility index (Phi) is 5.50. The van der Waals surface area contributed by atoms with Gasteiger partial charge in [-0.3, -0.25) is 14.9 Å². The van der Waals surface area contributed by atoms with Crippen LogP contribution < -0.4 is 5.32 Å². The van der Waals surface area contributed by atoms with Crippen molar-refractivity contribution in [3.05, 3.63) is 33.1 Å². The molecular weight excluding hydrogens is 322 g/mol. The summed E-state index contributed by atoms with van der Waals surface area (Å²) in [6, 6.07) is 1.31. The van der Waals surface area contributed by atoms with Gasteiger partial charge in [0.05, 0.1) is 4.92 Å². The van der Waals surface area contributed by atoms with Crippen molar-refractivity contribution >= 4 is 46.7 Å². The van der Waals surface area contributed by atoms with E-state index in [1.165, 1.54) is 12.3 Å². The van der Waals surface area contributed by atoms with Crippen LogP contribution >= 0.6 is 35.1 Å². The lowest BCUT2D eigenvalue weighted by Crippen LogP contribution is -2.33. The lowest BCUT2D eigenvalue weighted by molar-refractivity contribution is -0.385. The van der Waals surface area contributed by atoms with Gasteiger partial charge < -0.3 is 5.32 Å². The molecule has 1 aromatic heterocycles. The monoisotopic (exact) mass is 333 g/mol. The minimum atomic E-state index is -0.685. The van der Waals surface area contributed by atoms with Gasteiger partial charge in [-0.05, 0) is 6.07 Å². The summed E-state index contributed by atoms with van der Waals surface area (Å²) >= 11 is 9.33. The Hall–Kier alpha value is -0.990. The van der Waals surface area contributed by atoms with Crippen LogP contribution in [-0.4, -0.2) is 44.9 Å². The SMILES string of the molecule is O=C(NCC1CSCCS1)c1ccnc(Cl)c1[N+](=O)[O-]. The zero-order chi connectivity index (χ0) is 14.5. The molecular formula is C11H12ClN3O3S2. The minimum absolute atomic E-state index is 0.0523. The molecule has 2 rings (SSSR count). The molecule has 1 amide bonds. The molecule has 1 atom stereocenters. The average molecular weight is 334 g/mol. The van der Waals surface area contributed by atoms with Crippen LogP contribution in [0.2, 0.25) is 5.15 Å². The van der Waals surface area contributed by atoms with Crippen LogP contribution in [0.15, 0.2) is 12.3 Å². The summed E-state index contributed by atoms with van der Waals surface area (Å²) in [6.45, 7) is 0.494. The number of pyridine rings is 1. The second-order valence-corrected chi connectivity index (χ2v) is 6.95. The Morgan fingerprint density at radius 1 is 1.60 bits per heavy atom. The van der Waals surface area contributed by atoms with E-state index in [1.54, 1.807) is 11.8 Å². The highest BCUT2D eigenvalue weighted by Crippen LogP contribution is 2.26. The predicted molar refractivity (Wildman–Crippen MR) is 81.8 cm³/mol. The zero-order valence-electron chi connectivity index (χ0n) is 10.4. The number of thioether (sulfide) groups is 2. The molecule has 6 nitrogen and oxygen atoms in total. The standard InChI is InChI=1S/C11H12ClN3O3S2/c12-10-9(15(17)18)8(1-2-13-10)11(16)14-5-7-6-19-3-4-20-7/h1-2,7H,3-6H2,(H,14,16). The molecule has 0 radical (unpaired) electrons. The number of amides is 1. The van der Waals surface area contributed by atoms with Crippen molar-refractivity contribution in [1.29, 1.82) is 0 Å². The molecule has 108 valence electrons. The van der Waals surface area contributed by atoms with Crippen molar-refractivity contribution in [2.75, 3.05) is 23.8 Å². The molecule has 1 saturated heterocycles. The molecule has 0 aliphatic carbocycles. The third-order valence-electron chi connectivity index (χ3n) is 2.68. The van der Waals surface area contributed by atoms with Gasteiger partial charge >= 0.3 is 5.69 Å². The molecule has 1 N–H and O–H groups in total. The summed E-state index contributed by atoms with van der Waals surface area (Å²) in [6.07, 6.45) is 1.29. The number of hydrogen-bond acceptors (Lipinski definition) is 6. The molecule has 9 heteroatoms. The number of nitrogens with zero attached hydrogens (tertiary/aromatic N) is 2. The lowest BCUT2D eigenvalue weighted by Gasteiger charge is -2.21. The van der Waals surface area contributed by atoms with Crippen LogP contribution in [0.25, 0.3) is 0 Å². The molecule has 1 aliphatic heterocycles. The molecule has 0 aromatic carbocycles. The Labute approximate surface area is 129 Å². The predicted octanol–water partition coefficient (Wildman–Crippen LogP) is 2.22. The smallest absolute Gasteiger partial charge is 0.319 e. The molecule has 1 unspecified atom stereocenters. The fourth-order valence-corrected chi connectivity index (χ4v) is 4.58. The van der Waals surface area contributed by atoms with Gasteiger partial charge in [-0.25, -0.2) is 4.98 Å². The first-order chi connectivity index (χ1) is 9.59. The fraction of sp³-hybridized carbons (Fsp3) is 0.455. The maximum absolute atomic E-state index is 12.0. The van der Waals surface area contributed by atoms with Gasteiger partial charge in [-0.1, -0.05) is 11.6 Å². The Bertz CT molecular complexity index is 524. The number of nitro groups is 1. The summed E-state index contributed by atoms with van der Waals surface area (Å²) in [5.41, 5.74) is -0.499. The first kappa shape index (κ1) is 15.4. The summed E-state index contributed by atoms with van der Waals surface area (Å²) in [4.78, 5) is 25.9. The Balaban J connectivity index is 2.05. The van der Waals surface area contributed by atoms with E-state index in [2.05, 4.69) is 10.3 Å². The highest BCUT2D eigenvalue weighted by molar-refractivity contribution is 8.06. The minimum Gasteiger partial charge on any atom is -0.351 e. The van der Waals surface area contributed by atoms with Crippen molar-refractivity contribution in [1.82, 2.24) is 10.3 Å². The van der Waals surface area contributed by atoms with E-state index in [1.807, 2.05) is 11.8 Å². The second kappa shape index (κ2) is 7.14. The maximum Gasteiger partial charge on any atom is 0.319 e. The van der Waals surface area contributed by atoms with E-state index in [0.29, 0.717) is 11.8 Å².